The number of hydrogen-bond acceptors (Lipinski definition) is 1. The fourth-order valence-electron chi connectivity index (χ4n) is 1.28. The van der Waals surface area contributed by atoms with Crippen LogP contribution in [0.15, 0.2) is 18.2 Å². The van der Waals surface area contributed by atoms with Crippen LogP contribution >= 0.6 is 23.2 Å². The van der Waals surface area contributed by atoms with Gasteiger partial charge < -0.3 is 0 Å². The monoisotopic (exact) mass is 214 g/mol. The summed E-state index contributed by atoms with van der Waals surface area (Å²) < 4.78 is 1.75. The Hall–Kier alpha value is -0.730. The molecule has 0 spiro atoms. The second-order valence-corrected chi connectivity index (χ2v) is 3.56. The molecule has 0 aliphatic heterocycles. The molecule has 0 saturated carbocycles. The largest absolute Gasteiger partial charge is 0.253 e. The molecule has 2 nitrogen and oxygen atoms in total. The first-order valence-corrected chi connectivity index (χ1v) is 4.79. The molecule has 0 atom stereocenters. The standard InChI is InChI=1S/C9H8Cl2N2/c1-2-13-9(11)7-5-6(10)3-4-8(7)12-13/h3-5H,2H2,1H3. The molecule has 0 fully saturated rings. The van der Waals surface area contributed by atoms with Crippen LogP contribution in [0, 0.1) is 0 Å². The molecule has 0 aliphatic carbocycles. The van der Waals surface area contributed by atoms with Crippen molar-refractivity contribution in [2.24, 2.45) is 0 Å². The highest BCUT2D eigenvalue weighted by atomic mass is 35.5. The first-order chi connectivity index (χ1) is 6.22. The van der Waals surface area contributed by atoms with Crippen molar-refractivity contribution in [3.63, 3.8) is 0 Å². The fraction of sp³-hybridized carbons (Fsp3) is 0.222. The van der Waals surface area contributed by atoms with Crippen molar-refractivity contribution in [3.8, 4) is 0 Å². The van der Waals surface area contributed by atoms with Gasteiger partial charge in [0, 0.05) is 17.0 Å². The average molecular weight is 215 g/mol. The molecule has 0 bridgehead atoms. The van der Waals surface area contributed by atoms with E-state index in [0.29, 0.717) is 10.2 Å². The lowest BCUT2D eigenvalue weighted by Crippen LogP contribution is -1.94. The number of fused-ring (bicyclic) bond motifs is 1. The van der Waals surface area contributed by atoms with E-state index in [1.54, 1.807) is 4.68 Å². The van der Waals surface area contributed by atoms with Crippen LogP contribution in [0.4, 0.5) is 0 Å². The topological polar surface area (TPSA) is 17.8 Å². The summed E-state index contributed by atoms with van der Waals surface area (Å²) in [5, 5.41) is 6.55. The van der Waals surface area contributed by atoms with Gasteiger partial charge in [-0.1, -0.05) is 23.2 Å². The van der Waals surface area contributed by atoms with Crippen LogP contribution in [0.1, 0.15) is 6.92 Å². The van der Waals surface area contributed by atoms with Crippen LogP contribution in [-0.2, 0) is 6.54 Å². The van der Waals surface area contributed by atoms with E-state index in [4.69, 9.17) is 23.2 Å². The Morgan fingerprint density at radius 2 is 2.15 bits per heavy atom. The van der Waals surface area contributed by atoms with Crippen LogP contribution in [0.5, 0.6) is 0 Å². The van der Waals surface area contributed by atoms with Gasteiger partial charge in [0.25, 0.3) is 0 Å². The lowest BCUT2D eigenvalue weighted by atomic mass is 10.3. The van der Waals surface area contributed by atoms with Crippen LogP contribution < -0.4 is 0 Å². The summed E-state index contributed by atoms with van der Waals surface area (Å²) in [5.74, 6) is 0. The van der Waals surface area contributed by atoms with E-state index in [1.807, 2.05) is 25.1 Å². The van der Waals surface area contributed by atoms with E-state index in [2.05, 4.69) is 5.10 Å². The van der Waals surface area contributed by atoms with Crippen LogP contribution in [0.2, 0.25) is 10.2 Å². The van der Waals surface area contributed by atoms with Crippen molar-refractivity contribution in [3.05, 3.63) is 28.4 Å². The first-order valence-electron chi connectivity index (χ1n) is 4.04. The zero-order valence-corrected chi connectivity index (χ0v) is 8.60. The molecule has 2 rings (SSSR count). The number of aryl methyl sites for hydroxylation is 1. The van der Waals surface area contributed by atoms with E-state index >= 15 is 0 Å². The predicted molar refractivity (Wildman–Crippen MR) is 55.4 cm³/mol. The predicted octanol–water partition coefficient (Wildman–Crippen LogP) is 3.36. The maximum absolute atomic E-state index is 6.07. The van der Waals surface area contributed by atoms with E-state index < -0.39 is 0 Å². The maximum Gasteiger partial charge on any atom is 0.134 e. The third kappa shape index (κ3) is 1.40. The molecule has 0 N–H and O–H groups in total. The van der Waals surface area contributed by atoms with E-state index in [9.17, 15) is 0 Å². The molecular weight excluding hydrogens is 207 g/mol. The quantitative estimate of drug-likeness (QED) is 0.713. The van der Waals surface area contributed by atoms with Crippen molar-refractivity contribution in [1.29, 1.82) is 0 Å². The zero-order valence-electron chi connectivity index (χ0n) is 7.09. The number of nitrogens with zero attached hydrogens (tertiary/aromatic N) is 2. The minimum absolute atomic E-state index is 0.653. The minimum Gasteiger partial charge on any atom is -0.253 e. The fourth-order valence-corrected chi connectivity index (χ4v) is 1.76. The Kier molecular flexibility index (Phi) is 2.18. The Labute approximate surface area is 86.1 Å². The summed E-state index contributed by atoms with van der Waals surface area (Å²) in [4.78, 5) is 0. The Bertz CT molecular complexity index is 448. The number of aromatic nitrogens is 2. The number of hydrogen-bond donors (Lipinski definition) is 0. The third-order valence-corrected chi connectivity index (χ3v) is 2.57. The highest BCUT2D eigenvalue weighted by molar-refractivity contribution is 6.36. The molecule has 1 heterocycles. The Balaban J connectivity index is 2.77. The summed E-state index contributed by atoms with van der Waals surface area (Å²) in [7, 11) is 0. The first kappa shape index (κ1) is 8.85. The SMILES string of the molecule is CCn1nc2ccc(Cl)cc2c1Cl. The van der Waals surface area contributed by atoms with Crippen LogP contribution in [0.3, 0.4) is 0 Å². The normalized spacial score (nSPS) is 11.0. The highest BCUT2D eigenvalue weighted by Crippen LogP contribution is 2.25. The number of rotatable bonds is 1. The van der Waals surface area contributed by atoms with Gasteiger partial charge in [0.15, 0.2) is 0 Å². The molecule has 1 aromatic heterocycles. The summed E-state index contributed by atoms with van der Waals surface area (Å²) >= 11 is 11.9. The molecule has 1 aromatic carbocycles. The average Bonchev–Trinajstić information content (AvgIpc) is 2.44. The molecule has 0 amide bonds. The Morgan fingerprint density at radius 3 is 2.85 bits per heavy atom. The smallest absolute Gasteiger partial charge is 0.134 e. The molecule has 2 aromatic rings. The van der Waals surface area contributed by atoms with Crippen molar-refractivity contribution in [1.82, 2.24) is 9.78 Å². The second kappa shape index (κ2) is 3.20. The van der Waals surface area contributed by atoms with Gasteiger partial charge in [-0.15, -0.1) is 0 Å². The van der Waals surface area contributed by atoms with E-state index in [0.717, 1.165) is 17.4 Å². The lowest BCUT2D eigenvalue weighted by molar-refractivity contribution is 0.669. The molecule has 0 unspecified atom stereocenters. The summed E-state index contributed by atoms with van der Waals surface area (Å²) in [6.45, 7) is 2.77. The van der Waals surface area contributed by atoms with Crippen molar-refractivity contribution < 1.29 is 0 Å². The minimum atomic E-state index is 0.653. The summed E-state index contributed by atoms with van der Waals surface area (Å²) in [5.41, 5.74) is 0.885. The molecular formula is C9H8Cl2N2. The van der Waals surface area contributed by atoms with Crippen LogP contribution in [-0.4, -0.2) is 9.78 Å². The van der Waals surface area contributed by atoms with Crippen molar-refractivity contribution in [2.75, 3.05) is 0 Å². The molecule has 13 heavy (non-hydrogen) atoms. The Morgan fingerprint density at radius 1 is 1.38 bits per heavy atom. The van der Waals surface area contributed by atoms with Crippen LogP contribution in [0.25, 0.3) is 10.9 Å². The van der Waals surface area contributed by atoms with Gasteiger partial charge in [0.1, 0.15) is 5.15 Å². The molecule has 4 heteroatoms. The van der Waals surface area contributed by atoms with Gasteiger partial charge in [-0.2, -0.15) is 5.10 Å². The summed E-state index contributed by atoms with van der Waals surface area (Å²) in [6, 6.07) is 5.52. The van der Waals surface area contributed by atoms with Gasteiger partial charge in [-0.25, -0.2) is 0 Å². The maximum atomic E-state index is 6.07. The highest BCUT2D eigenvalue weighted by Gasteiger charge is 2.07. The third-order valence-electron chi connectivity index (χ3n) is 1.94. The van der Waals surface area contributed by atoms with Crippen molar-refractivity contribution in [2.45, 2.75) is 13.5 Å². The van der Waals surface area contributed by atoms with Gasteiger partial charge in [0.2, 0.25) is 0 Å². The lowest BCUT2D eigenvalue weighted by Gasteiger charge is -1.94. The molecule has 68 valence electrons. The van der Waals surface area contributed by atoms with Gasteiger partial charge in [-0.05, 0) is 25.1 Å². The van der Waals surface area contributed by atoms with Gasteiger partial charge >= 0.3 is 0 Å². The number of benzene rings is 1. The second-order valence-electron chi connectivity index (χ2n) is 2.77. The summed E-state index contributed by atoms with van der Waals surface area (Å²) in [6.07, 6.45) is 0. The molecule has 0 aliphatic rings. The number of halogens is 2. The van der Waals surface area contributed by atoms with Gasteiger partial charge in [-0.3, -0.25) is 4.68 Å². The van der Waals surface area contributed by atoms with Gasteiger partial charge in [0.05, 0.1) is 5.52 Å². The zero-order chi connectivity index (χ0) is 9.42. The van der Waals surface area contributed by atoms with E-state index in [-0.39, 0.29) is 0 Å². The van der Waals surface area contributed by atoms with Crippen molar-refractivity contribution >= 4 is 34.1 Å². The molecule has 0 radical (unpaired) electrons. The van der Waals surface area contributed by atoms with E-state index in [1.165, 1.54) is 0 Å². The molecule has 0 saturated heterocycles.